The minimum atomic E-state index is -0.471. The first-order valence-electron chi connectivity index (χ1n) is 10.8. The average Bonchev–Trinajstić information content (AvgIpc) is 2.77. The second kappa shape index (κ2) is 8.47. The zero-order valence-electron chi connectivity index (χ0n) is 18.3. The van der Waals surface area contributed by atoms with E-state index < -0.39 is 5.92 Å². The molecule has 3 heterocycles. The van der Waals surface area contributed by atoms with Gasteiger partial charge in [-0.15, -0.1) is 0 Å². The maximum absolute atomic E-state index is 13.3. The maximum atomic E-state index is 13.3. The van der Waals surface area contributed by atoms with Crippen molar-refractivity contribution in [2.75, 3.05) is 5.32 Å². The van der Waals surface area contributed by atoms with Crippen LogP contribution in [0.4, 0.5) is 5.82 Å². The van der Waals surface area contributed by atoms with E-state index in [9.17, 15) is 9.59 Å². The number of benzene rings is 1. The molecular weight excluding hydrogens is 456 g/mol. The molecule has 0 bridgehead atoms. The zero-order chi connectivity index (χ0) is 23.2. The number of nitrogens with one attached hydrogen (secondary N) is 2. The molecule has 2 N–H and O–H groups in total. The van der Waals surface area contributed by atoms with Gasteiger partial charge in [0.05, 0.1) is 5.56 Å². The highest BCUT2D eigenvalue weighted by Crippen LogP contribution is 2.47. The van der Waals surface area contributed by atoms with Crippen LogP contribution in [0, 0.1) is 5.41 Å². The van der Waals surface area contributed by atoms with E-state index in [1.165, 1.54) is 11.8 Å². The summed E-state index contributed by atoms with van der Waals surface area (Å²) in [6.45, 7) is 4.17. The Kier molecular flexibility index (Phi) is 5.62. The van der Waals surface area contributed by atoms with Gasteiger partial charge in [-0.2, -0.15) is 0 Å². The molecule has 5 rings (SSSR count). The van der Waals surface area contributed by atoms with Crippen LogP contribution < -0.4 is 10.9 Å². The molecule has 0 radical (unpaired) electrons. The van der Waals surface area contributed by atoms with Gasteiger partial charge in [0.25, 0.3) is 5.56 Å². The largest absolute Gasteiger partial charge is 0.343 e. The van der Waals surface area contributed by atoms with Gasteiger partial charge in [-0.25, -0.2) is 4.98 Å². The lowest BCUT2D eigenvalue weighted by atomic mass is 9.69. The average molecular weight is 479 g/mol. The topological polar surface area (TPSA) is 87.7 Å². The summed E-state index contributed by atoms with van der Waals surface area (Å²) in [6.07, 6.45) is 4.53. The normalized spacial score (nSPS) is 19.0. The summed E-state index contributed by atoms with van der Waals surface area (Å²) in [6, 6.07) is 11.3. The van der Waals surface area contributed by atoms with E-state index in [1.807, 2.05) is 36.4 Å². The number of nitrogens with zero attached hydrogens (tertiary/aromatic N) is 2. The van der Waals surface area contributed by atoms with E-state index in [2.05, 4.69) is 29.1 Å². The zero-order valence-corrected chi connectivity index (χ0v) is 19.9. The quantitative estimate of drug-likeness (QED) is 0.390. The lowest BCUT2D eigenvalue weighted by Gasteiger charge is -2.38. The second-order valence-electron chi connectivity index (χ2n) is 9.19. The van der Waals surface area contributed by atoms with Gasteiger partial charge < -0.3 is 10.3 Å². The van der Waals surface area contributed by atoms with Crippen LogP contribution in [-0.4, -0.2) is 20.7 Å². The van der Waals surface area contributed by atoms with Crippen LogP contribution in [0.15, 0.2) is 70.0 Å². The molecular formula is C25H23ClN4O2S. The predicted octanol–water partition coefficient (Wildman–Crippen LogP) is 5.31. The summed E-state index contributed by atoms with van der Waals surface area (Å²) in [5.41, 5.74) is 3.40. The van der Waals surface area contributed by atoms with Crippen molar-refractivity contribution >= 4 is 35.0 Å². The van der Waals surface area contributed by atoms with Crippen molar-refractivity contribution in [2.24, 2.45) is 5.41 Å². The van der Waals surface area contributed by atoms with Crippen LogP contribution >= 0.6 is 23.4 Å². The number of anilines is 1. The molecule has 2 aromatic heterocycles. The van der Waals surface area contributed by atoms with Crippen LogP contribution in [0.2, 0.25) is 5.02 Å². The summed E-state index contributed by atoms with van der Waals surface area (Å²) in [4.78, 5) is 38.3. The Morgan fingerprint density at radius 2 is 1.88 bits per heavy atom. The number of allylic oxidation sites excluding steroid dienone is 2. The molecule has 8 heteroatoms. The molecule has 2 aliphatic rings. The summed E-state index contributed by atoms with van der Waals surface area (Å²) >= 11 is 7.70. The lowest BCUT2D eigenvalue weighted by molar-refractivity contribution is -0.118. The lowest BCUT2D eigenvalue weighted by Crippen LogP contribution is -2.37. The monoisotopic (exact) mass is 478 g/mol. The van der Waals surface area contributed by atoms with E-state index in [1.54, 1.807) is 12.4 Å². The fourth-order valence-electron chi connectivity index (χ4n) is 4.61. The van der Waals surface area contributed by atoms with Gasteiger partial charge in [0, 0.05) is 46.8 Å². The SMILES string of the molecule is CC1(C)CC(=O)C2=C(C1)Nc1nc(SCc3ccccc3Cl)[nH]c(=O)c1[C@H]2c1ccncc1. The van der Waals surface area contributed by atoms with Crippen LogP contribution in [0.5, 0.6) is 0 Å². The highest BCUT2D eigenvalue weighted by atomic mass is 35.5. The number of pyridine rings is 1. The molecule has 0 saturated heterocycles. The predicted molar refractivity (Wildman–Crippen MR) is 131 cm³/mol. The minimum Gasteiger partial charge on any atom is -0.343 e. The van der Waals surface area contributed by atoms with Crippen molar-refractivity contribution in [3.05, 3.63) is 92.1 Å². The number of H-pyrrole nitrogens is 1. The van der Waals surface area contributed by atoms with Crippen molar-refractivity contribution < 1.29 is 4.79 Å². The fourth-order valence-corrected chi connectivity index (χ4v) is 5.76. The molecule has 1 aliphatic carbocycles. The van der Waals surface area contributed by atoms with Gasteiger partial charge in [0.1, 0.15) is 5.82 Å². The summed E-state index contributed by atoms with van der Waals surface area (Å²) in [5, 5.41) is 4.53. The first kappa shape index (κ1) is 21.9. The van der Waals surface area contributed by atoms with Crippen molar-refractivity contribution in [3.63, 3.8) is 0 Å². The minimum absolute atomic E-state index is 0.0674. The summed E-state index contributed by atoms with van der Waals surface area (Å²) in [5.74, 6) is 0.681. The molecule has 1 atom stereocenters. The standard InChI is InChI=1S/C25H23ClN4O2S/c1-25(2)11-17-20(18(31)12-25)19(14-7-9-27-10-8-14)21-22(28-17)29-24(30-23(21)32)33-13-15-5-3-4-6-16(15)26/h3-10,19H,11-13H2,1-2H3,(H2,28,29,30,32)/t19-/m0/s1. The number of aromatic nitrogens is 3. The third-order valence-corrected chi connectivity index (χ3v) is 7.35. The van der Waals surface area contributed by atoms with Crippen molar-refractivity contribution in [1.82, 2.24) is 15.0 Å². The number of hydrogen-bond donors (Lipinski definition) is 2. The van der Waals surface area contributed by atoms with Gasteiger partial charge >= 0.3 is 0 Å². The molecule has 0 unspecified atom stereocenters. The van der Waals surface area contributed by atoms with Crippen LogP contribution in [-0.2, 0) is 10.5 Å². The number of halogens is 1. The first-order valence-corrected chi connectivity index (χ1v) is 12.1. The fraction of sp³-hybridized carbons (Fsp3) is 0.280. The van der Waals surface area contributed by atoms with E-state index in [0.29, 0.717) is 45.7 Å². The Balaban J connectivity index is 1.58. The second-order valence-corrected chi connectivity index (χ2v) is 10.6. The number of ketones is 1. The Labute approximate surface area is 200 Å². The van der Waals surface area contributed by atoms with E-state index in [4.69, 9.17) is 16.6 Å². The Hall–Kier alpha value is -2.90. The van der Waals surface area contributed by atoms with Crippen molar-refractivity contribution in [1.29, 1.82) is 0 Å². The number of carbonyl (C=O) groups excluding carboxylic acids is 1. The van der Waals surface area contributed by atoms with Gasteiger partial charge in [-0.3, -0.25) is 14.6 Å². The highest BCUT2D eigenvalue weighted by Gasteiger charge is 2.42. The maximum Gasteiger partial charge on any atom is 0.257 e. The Morgan fingerprint density at radius 3 is 2.64 bits per heavy atom. The molecule has 0 fully saturated rings. The molecule has 168 valence electrons. The highest BCUT2D eigenvalue weighted by molar-refractivity contribution is 7.98. The number of carbonyl (C=O) groups is 1. The molecule has 1 aliphatic heterocycles. The number of hydrogen-bond acceptors (Lipinski definition) is 6. The number of thioether (sulfide) groups is 1. The first-order chi connectivity index (χ1) is 15.8. The Morgan fingerprint density at radius 1 is 1.12 bits per heavy atom. The number of fused-ring (bicyclic) bond motifs is 1. The number of rotatable bonds is 4. The third-order valence-electron chi connectivity index (χ3n) is 6.06. The number of Topliss-reactive ketones (excluding diaryl/α,β-unsaturated/α-hetero) is 1. The molecule has 3 aromatic rings. The molecule has 1 aromatic carbocycles. The van der Waals surface area contributed by atoms with Gasteiger partial charge in [-0.1, -0.05) is 55.4 Å². The van der Waals surface area contributed by atoms with E-state index in [-0.39, 0.29) is 16.8 Å². The summed E-state index contributed by atoms with van der Waals surface area (Å²) in [7, 11) is 0. The van der Waals surface area contributed by atoms with Gasteiger partial charge in [0.15, 0.2) is 10.9 Å². The molecule has 0 amide bonds. The molecule has 6 nitrogen and oxygen atoms in total. The molecule has 33 heavy (non-hydrogen) atoms. The van der Waals surface area contributed by atoms with Gasteiger partial charge in [0.2, 0.25) is 0 Å². The smallest absolute Gasteiger partial charge is 0.257 e. The van der Waals surface area contributed by atoms with E-state index >= 15 is 0 Å². The van der Waals surface area contributed by atoms with Crippen LogP contribution in [0.3, 0.4) is 0 Å². The van der Waals surface area contributed by atoms with Crippen LogP contribution in [0.1, 0.15) is 49.3 Å². The van der Waals surface area contributed by atoms with Crippen molar-refractivity contribution in [3.8, 4) is 0 Å². The molecule has 0 saturated carbocycles. The van der Waals surface area contributed by atoms with Crippen LogP contribution in [0.25, 0.3) is 0 Å². The summed E-state index contributed by atoms with van der Waals surface area (Å²) < 4.78 is 0. The molecule has 0 spiro atoms. The van der Waals surface area contributed by atoms with Gasteiger partial charge in [-0.05, 0) is 41.2 Å². The third kappa shape index (κ3) is 4.23. The van der Waals surface area contributed by atoms with E-state index in [0.717, 1.165) is 16.8 Å². The Bertz CT molecular complexity index is 1330. The number of aromatic amines is 1. The van der Waals surface area contributed by atoms with Crippen molar-refractivity contribution in [2.45, 2.75) is 43.5 Å².